The molecular formula is C16H29N3O. The van der Waals surface area contributed by atoms with E-state index in [0.717, 1.165) is 56.3 Å². The van der Waals surface area contributed by atoms with Crippen LogP contribution in [0.15, 0.2) is 18.2 Å². The Morgan fingerprint density at radius 2 is 1.90 bits per heavy atom. The summed E-state index contributed by atoms with van der Waals surface area (Å²) in [5.74, 6) is 0.843. The summed E-state index contributed by atoms with van der Waals surface area (Å²) in [6, 6.07) is 5.84. The van der Waals surface area contributed by atoms with Gasteiger partial charge in [-0.25, -0.2) is 0 Å². The predicted molar refractivity (Wildman–Crippen MR) is 87.5 cm³/mol. The van der Waals surface area contributed by atoms with Crippen LogP contribution in [0, 0.1) is 0 Å². The molecule has 0 radical (unpaired) electrons. The van der Waals surface area contributed by atoms with Crippen molar-refractivity contribution >= 4 is 11.4 Å². The molecule has 0 spiro atoms. The Morgan fingerprint density at radius 3 is 2.55 bits per heavy atom. The third-order valence-electron chi connectivity index (χ3n) is 3.15. The third kappa shape index (κ3) is 6.15. The highest BCUT2D eigenvalue weighted by Crippen LogP contribution is 2.22. The summed E-state index contributed by atoms with van der Waals surface area (Å²) < 4.78 is 5.63. The SMILES string of the molecule is CCCOc1cc(N)cc(NCCN(CC)CCC)c1. The van der Waals surface area contributed by atoms with E-state index in [9.17, 15) is 0 Å². The molecule has 4 nitrogen and oxygen atoms in total. The molecule has 3 N–H and O–H groups in total. The molecule has 0 fully saturated rings. The van der Waals surface area contributed by atoms with Crippen LogP contribution in [0.4, 0.5) is 11.4 Å². The molecule has 0 saturated carbocycles. The van der Waals surface area contributed by atoms with Gasteiger partial charge < -0.3 is 20.7 Å². The van der Waals surface area contributed by atoms with Gasteiger partial charge in [-0.05, 0) is 32.0 Å². The second-order valence-corrected chi connectivity index (χ2v) is 5.00. The van der Waals surface area contributed by atoms with Gasteiger partial charge in [0.1, 0.15) is 5.75 Å². The second kappa shape index (κ2) is 9.48. The maximum atomic E-state index is 5.91. The van der Waals surface area contributed by atoms with E-state index in [1.54, 1.807) is 0 Å². The summed E-state index contributed by atoms with van der Waals surface area (Å²) in [6.07, 6.45) is 2.20. The lowest BCUT2D eigenvalue weighted by atomic mass is 10.2. The van der Waals surface area contributed by atoms with Gasteiger partial charge >= 0.3 is 0 Å². The lowest BCUT2D eigenvalue weighted by molar-refractivity contribution is 0.300. The summed E-state index contributed by atoms with van der Waals surface area (Å²) in [7, 11) is 0. The van der Waals surface area contributed by atoms with Crippen LogP contribution in [0.5, 0.6) is 5.75 Å². The number of ether oxygens (including phenoxy) is 1. The van der Waals surface area contributed by atoms with Crippen molar-refractivity contribution < 1.29 is 4.74 Å². The lowest BCUT2D eigenvalue weighted by Crippen LogP contribution is -2.29. The van der Waals surface area contributed by atoms with Crippen LogP contribution in [0.2, 0.25) is 0 Å². The van der Waals surface area contributed by atoms with Crippen LogP contribution in [0.25, 0.3) is 0 Å². The van der Waals surface area contributed by atoms with Crippen molar-refractivity contribution in [3.05, 3.63) is 18.2 Å². The quantitative estimate of drug-likeness (QED) is 0.646. The number of nitrogens with one attached hydrogen (secondary N) is 1. The van der Waals surface area contributed by atoms with Gasteiger partial charge in [-0.2, -0.15) is 0 Å². The summed E-state index contributed by atoms with van der Waals surface area (Å²) in [5.41, 5.74) is 7.68. The minimum Gasteiger partial charge on any atom is -0.493 e. The summed E-state index contributed by atoms with van der Waals surface area (Å²) in [5, 5.41) is 3.42. The minimum atomic E-state index is 0.725. The highest BCUT2D eigenvalue weighted by molar-refractivity contribution is 5.59. The van der Waals surface area contributed by atoms with E-state index in [0.29, 0.717) is 0 Å². The number of hydrogen-bond acceptors (Lipinski definition) is 4. The molecule has 0 heterocycles. The fourth-order valence-electron chi connectivity index (χ4n) is 2.13. The van der Waals surface area contributed by atoms with Crippen LogP contribution >= 0.6 is 0 Å². The second-order valence-electron chi connectivity index (χ2n) is 5.00. The molecule has 20 heavy (non-hydrogen) atoms. The van der Waals surface area contributed by atoms with Crippen molar-refractivity contribution in [2.45, 2.75) is 33.6 Å². The van der Waals surface area contributed by atoms with E-state index >= 15 is 0 Å². The molecule has 1 aromatic rings. The molecule has 0 unspecified atom stereocenters. The average molecular weight is 279 g/mol. The maximum Gasteiger partial charge on any atom is 0.123 e. The van der Waals surface area contributed by atoms with Crippen molar-refractivity contribution in [1.29, 1.82) is 0 Å². The molecule has 0 aromatic heterocycles. The summed E-state index contributed by atoms with van der Waals surface area (Å²) in [4.78, 5) is 2.44. The van der Waals surface area contributed by atoms with Crippen LogP contribution in [-0.4, -0.2) is 37.7 Å². The Labute approximate surface area is 123 Å². The van der Waals surface area contributed by atoms with E-state index in [2.05, 4.69) is 31.0 Å². The molecular weight excluding hydrogens is 250 g/mol. The van der Waals surface area contributed by atoms with Gasteiger partial charge in [0.2, 0.25) is 0 Å². The van der Waals surface area contributed by atoms with Crippen molar-refractivity contribution in [3.63, 3.8) is 0 Å². The molecule has 0 bridgehead atoms. The van der Waals surface area contributed by atoms with E-state index < -0.39 is 0 Å². The minimum absolute atomic E-state index is 0.725. The first-order valence-electron chi connectivity index (χ1n) is 7.69. The number of benzene rings is 1. The lowest BCUT2D eigenvalue weighted by Gasteiger charge is -2.20. The van der Waals surface area contributed by atoms with E-state index in [1.807, 2.05) is 18.2 Å². The largest absolute Gasteiger partial charge is 0.493 e. The zero-order valence-electron chi connectivity index (χ0n) is 13.1. The number of anilines is 2. The number of hydrogen-bond donors (Lipinski definition) is 2. The first kappa shape index (κ1) is 16.6. The molecule has 0 aliphatic carbocycles. The fourth-order valence-corrected chi connectivity index (χ4v) is 2.13. The third-order valence-corrected chi connectivity index (χ3v) is 3.15. The predicted octanol–water partition coefficient (Wildman–Crippen LogP) is 3.20. The van der Waals surface area contributed by atoms with E-state index in [1.165, 1.54) is 6.42 Å². The number of likely N-dealkylation sites (N-methyl/N-ethyl adjacent to an activating group) is 1. The molecule has 0 saturated heterocycles. The van der Waals surface area contributed by atoms with Crippen molar-refractivity contribution in [1.82, 2.24) is 4.90 Å². The zero-order chi connectivity index (χ0) is 14.8. The number of nitrogens with zero attached hydrogens (tertiary/aromatic N) is 1. The Hall–Kier alpha value is -1.42. The summed E-state index contributed by atoms with van der Waals surface area (Å²) >= 11 is 0. The van der Waals surface area contributed by atoms with E-state index in [4.69, 9.17) is 10.5 Å². The van der Waals surface area contributed by atoms with Gasteiger partial charge in [0.25, 0.3) is 0 Å². The fraction of sp³-hybridized carbons (Fsp3) is 0.625. The van der Waals surface area contributed by atoms with Gasteiger partial charge in [-0.3, -0.25) is 0 Å². The smallest absolute Gasteiger partial charge is 0.123 e. The monoisotopic (exact) mass is 279 g/mol. The van der Waals surface area contributed by atoms with Crippen LogP contribution < -0.4 is 15.8 Å². The van der Waals surface area contributed by atoms with Gasteiger partial charge in [0.15, 0.2) is 0 Å². The Morgan fingerprint density at radius 1 is 1.10 bits per heavy atom. The van der Waals surface area contributed by atoms with E-state index in [-0.39, 0.29) is 0 Å². The topological polar surface area (TPSA) is 50.5 Å². The van der Waals surface area contributed by atoms with Crippen molar-refractivity contribution in [2.75, 3.05) is 43.8 Å². The standard InChI is InChI=1S/C16H29N3O/c1-4-8-19(6-3)9-7-18-15-11-14(17)12-16(13-15)20-10-5-2/h11-13,18H,4-10,17H2,1-3H3. The normalized spacial score (nSPS) is 10.8. The highest BCUT2D eigenvalue weighted by atomic mass is 16.5. The Balaban J connectivity index is 2.48. The molecule has 0 amide bonds. The molecule has 1 aromatic carbocycles. The van der Waals surface area contributed by atoms with Gasteiger partial charge in [0, 0.05) is 36.6 Å². The van der Waals surface area contributed by atoms with Crippen molar-refractivity contribution in [2.24, 2.45) is 0 Å². The number of nitrogen functional groups attached to an aromatic ring is 1. The number of rotatable bonds is 10. The average Bonchev–Trinajstić information content (AvgIpc) is 2.43. The molecule has 0 atom stereocenters. The number of nitrogens with two attached hydrogens (primary N) is 1. The molecule has 0 aliphatic heterocycles. The Bertz CT molecular complexity index is 382. The van der Waals surface area contributed by atoms with Crippen molar-refractivity contribution in [3.8, 4) is 5.75 Å². The molecule has 4 heteroatoms. The van der Waals surface area contributed by atoms with Gasteiger partial charge in [-0.1, -0.05) is 20.8 Å². The van der Waals surface area contributed by atoms with Crippen LogP contribution in [0.3, 0.4) is 0 Å². The van der Waals surface area contributed by atoms with Crippen LogP contribution in [0.1, 0.15) is 33.6 Å². The maximum absolute atomic E-state index is 5.91. The molecule has 0 aliphatic rings. The molecule has 1 rings (SSSR count). The summed E-state index contributed by atoms with van der Waals surface area (Å²) in [6.45, 7) is 11.5. The van der Waals surface area contributed by atoms with Gasteiger partial charge in [0.05, 0.1) is 6.61 Å². The zero-order valence-corrected chi connectivity index (χ0v) is 13.1. The Kier molecular flexibility index (Phi) is 7.88. The first-order chi connectivity index (χ1) is 9.69. The molecule has 114 valence electrons. The first-order valence-corrected chi connectivity index (χ1v) is 7.69. The van der Waals surface area contributed by atoms with Gasteiger partial charge in [-0.15, -0.1) is 0 Å². The highest BCUT2D eigenvalue weighted by Gasteiger charge is 2.02. The van der Waals surface area contributed by atoms with Crippen LogP contribution in [-0.2, 0) is 0 Å².